The zero-order chi connectivity index (χ0) is 18.5. The Balaban J connectivity index is 1.33. The van der Waals surface area contributed by atoms with Crippen LogP contribution in [-0.4, -0.2) is 51.4 Å². The molecule has 0 N–H and O–H groups in total. The van der Waals surface area contributed by atoms with Crippen LogP contribution in [0.25, 0.3) is 0 Å². The Morgan fingerprint density at radius 1 is 1.22 bits per heavy atom. The van der Waals surface area contributed by atoms with E-state index in [2.05, 4.69) is 10.1 Å². The van der Waals surface area contributed by atoms with E-state index in [0.717, 1.165) is 30.7 Å². The molecule has 2 aliphatic rings. The van der Waals surface area contributed by atoms with E-state index < -0.39 is 0 Å². The smallest absolute Gasteiger partial charge is 0.249 e. The number of rotatable bonds is 7. The number of ether oxygens (including phenoxy) is 2. The maximum absolute atomic E-state index is 12.7. The van der Waals surface area contributed by atoms with Gasteiger partial charge in [-0.25, -0.2) is 0 Å². The van der Waals surface area contributed by atoms with Crippen LogP contribution in [0.4, 0.5) is 0 Å². The number of fused-ring (bicyclic) bond motifs is 1. The summed E-state index contributed by atoms with van der Waals surface area (Å²) in [5.74, 6) is 0.819. The molecule has 27 heavy (non-hydrogen) atoms. The molecule has 1 saturated carbocycles. The van der Waals surface area contributed by atoms with Crippen molar-refractivity contribution in [1.82, 2.24) is 19.7 Å². The molecule has 0 radical (unpaired) electrons. The van der Waals surface area contributed by atoms with E-state index in [1.807, 2.05) is 27.8 Å². The van der Waals surface area contributed by atoms with Crippen LogP contribution in [0, 0.1) is 0 Å². The topological polar surface area (TPSA) is 69.5 Å². The van der Waals surface area contributed by atoms with Crippen molar-refractivity contribution in [1.29, 1.82) is 0 Å². The zero-order valence-electron chi connectivity index (χ0n) is 15.5. The highest BCUT2D eigenvalue weighted by Crippen LogP contribution is 2.24. The lowest BCUT2D eigenvalue weighted by molar-refractivity contribution is -0.140. The van der Waals surface area contributed by atoms with Gasteiger partial charge in [0.1, 0.15) is 12.4 Å². The monoisotopic (exact) mass is 370 g/mol. The minimum Gasteiger partial charge on any atom is -0.492 e. The van der Waals surface area contributed by atoms with Crippen LogP contribution in [0.3, 0.4) is 0 Å². The molecule has 7 heteroatoms. The van der Waals surface area contributed by atoms with Crippen LogP contribution in [0.5, 0.6) is 5.75 Å². The van der Waals surface area contributed by atoms with Gasteiger partial charge in [0, 0.05) is 25.4 Å². The highest BCUT2D eigenvalue weighted by Gasteiger charge is 2.29. The first-order chi connectivity index (χ1) is 13.3. The summed E-state index contributed by atoms with van der Waals surface area (Å²) >= 11 is 0. The van der Waals surface area contributed by atoms with Crippen molar-refractivity contribution < 1.29 is 14.3 Å². The summed E-state index contributed by atoms with van der Waals surface area (Å²) in [6.45, 7) is 1.96. The molecule has 2 aromatic rings. The molecule has 3 heterocycles. The van der Waals surface area contributed by atoms with Crippen LogP contribution in [-0.2, 0) is 16.1 Å². The molecule has 144 valence electrons. The molecule has 1 aliphatic heterocycles. The Labute approximate surface area is 159 Å². The van der Waals surface area contributed by atoms with E-state index in [0.29, 0.717) is 19.7 Å². The Kier molecular flexibility index (Phi) is 5.67. The predicted octanol–water partition coefficient (Wildman–Crippen LogP) is 2.59. The Morgan fingerprint density at radius 3 is 2.93 bits per heavy atom. The molecule has 0 saturated heterocycles. The fourth-order valence-electron chi connectivity index (χ4n) is 3.87. The molecule has 1 unspecified atom stereocenters. The lowest BCUT2D eigenvalue weighted by Gasteiger charge is -2.34. The summed E-state index contributed by atoms with van der Waals surface area (Å²) in [6.07, 6.45) is 10.8. The minimum atomic E-state index is 0.0625. The van der Waals surface area contributed by atoms with Crippen molar-refractivity contribution in [3.63, 3.8) is 0 Å². The summed E-state index contributed by atoms with van der Waals surface area (Å²) in [7, 11) is 0. The molecular formula is C20H26N4O3. The maximum atomic E-state index is 12.7. The van der Waals surface area contributed by atoms with Crippen LogP contribution >= 0.6 is 0 Å². The van der Waals surface area contributed by atoms with E-state index >= 15 is 0 Å². The zero-order valence-corrected chi connectivity index (χ0v) is 15.5. The van der Waals surface area contributed by atoms with Crippen LogP contribution in [0.1, 0.15) is 43.8 Å². The summed E-state index contributed by atoms with van der Waals surface area (Å²) < 4.78 is 13.6. The summed E-state index contributed by atoms with van der Waals surface area (Å²) in [5.41, 5.74) is 1.06. The Bertz CT molecular complexity index is 743. The number of pyridine rings is 1. The van der Waals surface area contributed by atoms with E-state index in [4.69, 9.17) is 9.47 Å². The maximum Gasteiger partial charge on any atom is 0.249 e. The number of hydrogen-bond donors (Lipinski definition) is 0. The average molecular weight is 370 g/mol. The summed E-state index contributed by atoms with van der Waals surface area (Å²) in [5, 5.41) is 4.45. The second-order valence-corrected chi connectivity index (χ2v) is 7.24. The quantitative estimate of drug-likeness (QED) is 0.749. The van der Waals surface area contributed by atoms with Gasteiger partial charge >= 0.3 is 0 Å². The molecule has 1 aliphatic carbocycles. The molecule has 2 aromatic heterocycles. The molecular weight excluding hydrogens is 344 g/mol. The van der Waals surface area contributed by atoms with Gasteiger partial charge in [-0.05, 0) is 31.0 Å². The van der Waals surface area contributed by atoms with E-state index in [-0.39, 0.29) is 24.7 Å². The van der Waals surface area contributed by atoms with Crippen LogP contribution < -0.4 is 4.74 Å². The molecule has 7 nitrogen and oxygen atoms in total. The van der Waals surface area contributed by atoms with Gasteiger partial charge in [-0.15, -0.1) is 0 Å². The third-order valence-corrected chi connectivity index (χ3v) is 5.33. The highest BCUT2D eigenvalue weighted by atomic mass is 16.5. The SMILES string of the molecule is O=C(COC1CCCC1)N1Cc2ccnn2C(CCOc2cccnc2)C1. The van der Waals surface area contributed by atoms with Gasteiger partial charge in [0.05, 0.1) is 37.2 Å². The van der Waals surface area contributed by atoms with Gasteiger partial charge in [-0.1, -0.05) is 12.8 Å². The predicted molar refractivity (Wildman–Crippen MR) is 99.2 cm³/mol. The van der Waals surface area contributed by atoms with E-state index in [1.165, 1.54) is 12.8 Å². The van der Waals surface area contributed by atoms with Gasteiger partial charge in [0.25, 0.3) is 0 Å². The third kappa shape index (κ3) is 4.47. The third-order valence-electron chi connectivity index (χ3n) is 5.33. The first-order valence-corrected chi connectivity index (χ1v) is 9.74. The summed E-state index contributed by atoms with van der Waals surface area (Å²) in [4.78, 5) is 18.6. The first kappa shape index (κ1) is 18.0. The molecule has 0 spiro atoms. The van der Waals surface area contributed by atoms with Crippen molar-refractivity contribution in [2.75, 3.05) is 19.8 Å². The minimum absolute atomic E-state index is 0.0625. The molecule has 1 amide bonds. The molecule has 4 rings (SSSR count). The number of carbonyl (C=O) groups is 1. The van der Waals surface area contributed by atoms with Crippen molar-refractivity contribution >= 4 is 5.91 Å². The van der Waals surface area contributed by atoms with Crippen molar-refractivity contribution in [2.24, 2.45) is 0 Å². The average Bonchev–Trinajstić information content (AvgIpc) is 3.38. The first-order valence-electron chi connectivity index (χ1n) is 9.74. The molecule has 1 fully saturated rings. The fourth-order valence-corrected chi connectivity index (χ4v) is 3.87. The van der Waals surface area contributed by atoms with Crippen molar-refractivity contribution in [3.05, 3.63) is 42.5 Å². The van der Waals surface area contributed by atoms with Crippen LogP contribution in [0.2, 0.25) is 0 Å². The number of nitrogens with zero attached hydrogens (tertiary/aromatic N) is 4. The van der Waals surface area contributed by atoms with E-state index in [1.54, 1.807) is 18.6 Å². The van der Waals surface area contributed by atoms with Gasteiger partial charge in [0.2, 0.25) is 5.91 Å². The van der Waals surface area contributed by atoms with Gasteiger partial charge in [0.15, 0.2) is 0 Å². The van der Waals surface area contributed by atoms with Gasteiger partial charge in [-0.3, -0.25) is 14.5 Å². The van der Waals surface area contributed by atoms with Crippen molar-refractivity contribution in [2.45, 2.75) is 50.8 Å². The second kappa shape index (κ2) is 8.52. The lowest BCUT2D eigenvalue weighted by atomic mass is 10.1. The van der Waals surface area contributed by atoms with Crippen molar-refractivity contribution in [3.8, 4) is 5.75 Å². The van der Waals surface area contributed by atoms with Crippen LogP contribution in [0.15, 0.2) is 36.8 Å². The summed E-state index contributed by atoms with van der Waals surface area (Å²) in [6, 6.07) is 5.83. The molecule has 0 bridgehead atoms. The number of aromatic nitrogens is 3. The number of carbonyl (C=O) groups excluding carboxylic acids is 1. The largest absolute Gasteiger partial charge is 0.492 e. The highest BCUT2D eigenvalue weighted by molar-refractivity contribution is 5.77. The molecule has 1 atom stereocenters. The second-order valence-electron chi connectivity index (χ2n) is 7.24. The standard InChI is InChI=1S/C20H26N4O3/c25-20(15-27-18-4-1-2-5-18)23-13-16-7-10-22-24(16)17(14-23)8-11-26-19-6-3-9-21-12-19/h3,6-7,9-10,12,17-18H,1-2,4-5,8,11,13-15H2. The Hall–Kier alpha value is -2.41. The normalized spacial score (nSPS) is 19.9. The fraction of sp³-hybridized carbons (Fsp3) is 0.550. The molecule has 0 aromatic carbocycles. The number of amides is 1. The lowest BCUT2D eigenvalue weighted by Crippen LogP contribution is -2.43. The Morgan fingerprint density at radius 2 is 2.11 bits per heavy atom. The van der Waals surface area contributed by atoms with Gasteiger partial charge < -0.3 is 14.4 Å². The van der Waals surface area contributed by atoms with E-state index in [9.17, 15) is 4.79 Å². The number of hydrogen-bond acceptors (Lipinski definition) is 5. The van der Waals surface area contributed by atoms with Gasteiger partial charge in [-0.2, -0.15) is 5.10 Å².